The summed E-state index contributed by atoms with van der Waals surface area (Å²) >= 11 is 0. The standard InChI is InChI=1S/C14H18F3N3O2/c15-14(16,17)12-18-11(20-22-12)13(7-3-1-2-4-8-13)19-10(21)9-5-6-9/h9H,1-8H2,(H,19,21). The minimum absolute atomic E-state index is 0.0193. The molecular formula is C14H18F3N3O2. The summed E-state index contributed by atoms with van der Waals surface area (Å²) < 4.78 is 42.4. The quantitative estimate of drug-likeness (QED) is 0.870. The molecule has 1 aromatic heterocycles. The number of nitrogens with zero attached hydrogens (tertiary/aromatic N) is 2. The molecule has 1 aromatic rings. The molecule has 1 heterocycles. The van der Waals surface area contributed by atoms with Crippen LogP contribution in [0.3, 0.4) is 0 Å². The maximum atomic E-state index is 12.7. The predicted octanol–water partition coefficient (Wildman–Crippen LogP) is 3.16. The molecule has 2 saturated carbocycles. The lowest BCUT2D eigenvalue weighted by molar-refractivity contribution is -0.159. The molecule has 0 saturated heterocycles. The molecule has 0 radical (unpaired) electrons. The Balaban J connectivity index is 1.89. The largest absolute Gasteiger partial charge is 0.471 e. The molecule has 1 amide bonds. The van der Waals surface area contributed by atoms with Crippen LogP contribution in [0.15, 0.2) is 4.52 Å². The number of alkyl halides is 3. The lowest BCUT2D eigenvalue weighted by atomic mass is 9.89. The summed E-state index contributed by atoms with van der Waals surface area (Å²) in [6, 6.07) is 0. The van der Waals surface area contributed by atoms with Crippen LogP contribution in [0.25, 0.3) is 0 Å². The van der Waals surface area contributed by atoms with E-state index in [-0.39, 0.29) is 17.6 Å². The summed E-state index contributed by atoms with van der Waals surface area (Å²) in [6.45, 7) is 0. The number of halogens is 3. The average molecular weight is 317 g/mol. The van der Waals surface area contributed by atoms with Gasteiger partial charge in [0.2, 0.25) is 5.91 Å². The van der Waals surface area contributed by atoms with E-state index in [0.29, 0.717) is 12.8 Å². The Bertz CT molecular complexity index is 544. The number of nitrogens with one attached hydrogen (secondary N) is 1. The van der Waals surface area contributed by atoms with Crippen molar-refractivity contribution in [1.82, 2.24) is 15.5 Å². The highest BCUT2D eigenvalue weighted by Gasteiger charge is 2.45. The zero-order valence-electron chi connectivity index (χ0n) is 12.1. The van der Waals surface area contributed by atoms with Crippen molar-refractivity contribution in [2.24, 2.45) is 5.92 Å². The number of carbonyl (C=O) groups is 1. The Morgan fingerprint density at radius 1 is 1.18 bits per heavy atom. The summed E-state index contributed by atoms with van der Waals surface area (Å²) in [5, 5.41) is 6.46. The van der Waals surface area contributed by atoms with E-state index in [1.807, 2.05) is 0 Å². The second-order valence-electron chi connectivity index (χ2n) is 6.18. The van der Waals surface area contributed by atoms with Gasteiger partial charge in [0, 0.05) is 5.92 Å². The highest BCUT2D eigenvalue weighted by atomic mass is 19.4. The Morgan fingerprint density at radius 3 is 2.32 bits per heavy atom. The minimum atomic E-state index is -4.67. The maximum absolute atomic E-state index is 12.7. The van der Waals surface area contributed by atoms with E-state index in [0.717, 1.165) is 38.5 Å². The van der Waals surface area contributed by atoms with Gasteiger partial charge in [0.15, 0.2) is 5.82 Å². The Kier molecular flexibility index (Phi) is 3.86. The fourth-order valence-electron chi connectivity index (χ4n) is 2.95. The number of hydrogen-bond acceptors (Lipinski definition) is 4. The second kappa shape index (κ2) is 5.55. The Morgan fingerprint density at radius 2 is 1.82 bits per heavy atom. The molecule has 0 aromatic carbocycles. The van der Waals surface area contributed by atoms with Gasteiger partial charge in [-0.3, -0.25) is 4.79 Å². The fourth-order valence-corrected chi connectivity index (χ4v) is 2.95. The van der Waals surface area contributed by atoms with E-state index in [1.165, 1.54) is 0 Å². The third-order valence-electron chi connectivity index (χ3n) is 4.36. The van der Waals surface area contributed by atoms with Gasteiger partial charge in [0.1, 0.15) is 5.54 Å². The van der Waals surface area contributed by atoms with Crippen LogP contribution >= 0.6 is 0 Å². The summed E-state index contributed by atoms with van der Waals surface area (Å²) in [5.74, 6) is -1.53. The van der Waals surface area contributed by atoms with Crippen LogP contribution in [-0.2, 0) is 16.5 Å². The van der Waals surface area contributed by atoms with Gasteiger partial charge in [-0.15, -0.1) is 0 Å². The topological polar surface area (TPSA) is 68.0 Å². The highest BCUT2D eigenvalue weighted by Crippen LogP contribution is 2.38. The zero-order chi connectivity index (χ0) is 15.8. The third kappa shape index (κ3) is 3.10. The number of amides is 1. The first-order valence-electron chi connectivity index (χ1n) is 7.64. The van der Waals surface area contributed by atoms with Crippen molar-refractivity contribution in [3.63, 3.8) is 0 Å². The summed E-state index contributed by atoms with van der Waals surface area (Å²) in [6.07, 6.45) is 1.71. The number of aromatic nitrogens is 2. The molecule has 0 unspecified atom stereocenters. The van der Waals surface area contributed by atoms with E-state index < -0.39 is 17.6 Å². The molecule has 0 spiro atoms. The molecule has 0 bridgehead atoms. The summed E-state index contributed by atoms with van der Waals surface area (Å²) in [4.78, 5) is 15.7. The second-order valence-corrected chi connectivity index (χ2v) is 6.18. The average Bonchev–Trinajstić information content (AvgIpc) is 3.21. The van der Waals surface area contributed by atoms with Crippen LogP contribution in [0.4, 0.5) is 13.2 Å². The Hall–Kier alpha value is -1.60. The molecule has 3 rings (SSSR count). The van der Waals surface area contributed by atoms with Crippen molar-refractivity contribution in [1.29, 1.82) is 0 Å². The van der Waals surface area contributed by atoms with Crippen molar-refractivity contribution in [2.75, 3.05) is 0 Å². The van der Waals surface area contributed by atoms with E-state index in [4.69, 9.17) is 0 Å². The fraction of sp³-hybridized carbons (Fsp3) is 0.786. The molecule has 1 N–H and O–H groups in total. The monoisotopic (exact) mass is 317 g/mol. The van der Waals surface area contributed by atoms with Crippen molar-refractivity contribution in [2.45, 2.75) is 63.1 Å². The van der Waals surface area contributed by atoms with Gasteiger partial charge in [0.25, 0.3) is 0 Å². The number of rotatable bonds is 3. The molecule has 2 aliphatic rings. The number of hydrogen-bond donors (Lipinski definition) is 1. The van der Waals surface area contributed by atoms with Gasteiger partial charge in [-0.25, -0.2) is 0 Å². The van der Waals surface area contributed by atoms with Crippen LogP contribution in [0.1, 0.15) is 63.1 Å². The van der Waals surface area contributed by atoms with E-state index in [1.54, 1.807) is 0 Å². The molecule has 5 nitrogen and oxygen atoms in total. The van der Waals surface area contributed by atoms with Crippen molar-refractivity contribution >= 4 is 5.91 Å². The summed E-state index contributed by atoms with van der Waals surface area (Å²) in [5.41, 5.74) is -0.927. The first kappa shape index (κ1) is 15.3. The van der Waals surface area contributed by atoms with Crippen LogP contribution in [0, 0.1) is 5.92 Å². The SMILES string of the molecule is O=C(NC1(c2noc(C(F)(F)F)n2)CCCCCC1)C1CC1. The van der Waals surface area contributed by atoms with E-state index >= 15 is 0 Å². The smallest absolute Gasteiger partial charge is 0.343 e. The number of carbonyl (C=O) groups excluding carboxylic acids is 1. The first-order valence-corrected chi connectivity index (χ1v) is 7.64. The molecular weight excluding hydrogens is 299 g/mol. The van der Waals surface area contributed by atoms with Crippen LogP contribution < -0.4 is 5.32 Å². The molecule has 0 atom stereocenters. The summed E-state index contributed by atoms with van der Waals surface area (Å²) in [7, 11) is 0. The highest BCUT2D eigenvalue weighted by molar-refractivity contribution is 5.81. The molecule has 2 aliphatic carbocycles. The molecule has 0 aliphatic heterocycles. The first-order chi connectivity index (χ1) is 10.4. The molecule has 122 valence electrons. The lowest BCUT2D eigenvalue weighted by Crippen LogP contribution is -2.47. The molecule has 2 fully saturated rings. The van der Waals surface area contributed by atoms with E-state index in [2.05, 4.69) is 20.0 Å². The van der Waals surface area contributed by atoms with Gasteiger partial charge < -0.3 is 9.84 Å². The van der Waals surface area contributed by atoms with Crippen molar-refractivity contribution in [3.8, 4) is 0 Å². The van der Waals surface area contributed by atoms with Gasteiger partial charge in [-0.05, 0) is 25.7 Å². The maximum Gasteiger partial charge on any atom is 0.471 e. The van der Waals surface area contributed by atoms with Crippen molar-refractivity contribution in [3.05, 3.63) is 11.7 Å². The Labute approximate surface area is 125 Å². The predicted molar refractivity (Wildman–Crippen MR) is 69.5 cm³/mol. The third-order valence-corrected chi connectivity index (χ3v) is 4.36. The van der Waals surface area contributed by atoms with Crippen molar-refractivity contribution < 1.29 is 22.5 Å². The van der Waals surface area contributed by atoms with Crippen LogP contribution in [0.5, 0.6) is 0 Å². The normalized spacial score (nSPS) is 22.1. The lowest BCUT2D eigenvalue weighted by Gasteiger charge is -2.30. The van der Waals surface area contributed by atoms with Crippen LogP contribution in [0.2, 0.25) is 0 Å². The van der Waals surface area contributed by atoms with Crippen LogP contribution in [-0.4, -0.2) is 16.0 Å². The van der Waals surface area contributed by atoms with E-state index in [9.17, 15) is 18.0 Å². The van der Waals surface area contributed by atoms with Gasteiger partial charge >= 0.3 is 12.1 Å². The van der Waals surface area contributed by atoms with Gasteiger partial charge in [-0.1, -0.05) is 30.8 Å². The zero-order valence-corrected chi connectivity index (χ0v) is 12.1. The molecule has 22 heavy (non-hydrogen) atoms. The van der Waals surface area contributed by atoms with Gasteiger partial charge in [0.05, 0.1) is 0 Å². The minimum Gasteiger partial charge on any atom is -0.343 e. The molecule has 8 heteroatoms. The van der Waals surface area contributed by atoms with Gasteiger partial charge in [-0.2, -0.15) is 18.2 Å².